The third-order valence-corrected chi connectivity index (χ3v) is 8.94. The van der Waals surface area contributed by atoms with Crippen molar-refractivity contribution in [2.75, 3.05) is 0 Å². The average Bonchev–Trinajstić information content (AvgIpc) is 3.62. The van der Waals surface area contributed by atoms with Crippen molar-refractivity contribution in [3.63, 3.8) is 0 Å². The van der Waals surface area contributed by atoms with Gasteiger partial charge in [0.1, 0.15) is 11.6 Å². The van der Waals surface area contributed by atoms with Crippen LogP contribution in [0.15, 0.2) is 122 Å². The van der Waals surface area contributed by atoms with Crippen LogP contribution in [0.25, 0.3) is 66.9 Å². The Labute approximate surface area is 254 Å². The smallest absolute Gasteiger partial charge is 0.137 e. The van der Waals surface area contributed by atoms with Gasteiger partial charge >= 0.3 is 0 Å². The first-order chi connectivity index (χ1) is 21.8. The summed E-state index contributed by atoms with van der Waals surface area (Å²) in [5, 5.41) is 3.73. The van der Waals surface area contributed by atoms with Crippen LogP contribution < -0.4 is 0 Å². The Balaban J connectivity index is 1.33. The molecule has 0 aliphatic heterocycles. The molecule has 1 aliphatic carbocycles. The van der Waals surface area contributed by atoms with Gasteiger partial charge in [0.2, 0.25) is 0 Å². The molecular weight excluding hydrogens is 540 g/mol. The number of pyridine rings is 4. The van der Waals surface area contributed by atoms with Crippen LogP contribution in [0.1, 0.15) is 24.1 Å². The first kappa shape index (κ1) is 24.9. The molecule has 0 fully saturated rings. The minimum Gasteiger partial charge on any atom is -0.296 e. The van der Waals surface area contributed by atoms with Crippen LogP contribution in [-0.2, 0) is 12.8 Å². The lowest BCUT2D eigenvalue weighted by molar-refractivity contribution is 0.665. The fraction of sp³-hybridized carbons (Fsp3) is 0.105. The number of fused-ring (bicyclic) bond motifs is 7. The fourth-order valence-electron chi connectivity index (χ4n) is 6.97. The molecule has 9 rings (SSSR count). The molecule has 0 saturated heterocycles. The van der Waals surface area contributed by atoms with E-state index in [-0.39, 0.29) is 0 Å². The maximum atomic E-state index is 5.06. The first-order valence-corrected chi connectivity index (χ1v) is 15.2. The molecule has 0 amide bonds. The van der Waals surface area contributed by atoms with Crippen LogP contribution in [0.3, 0.4) is 0 Å². The summed E-state index contributed by atoms with van der Waals surface area (Å²) in [6.07, 6.45) is 12.0. The van der Waals surface area contributed by atoms with E-state index in [0.717, 1.165) is 58.0 Å². The van der Waals surface area contributed by atoms with E-state index in [1.807, 2.05) is 61.2 Å². The van der Waals surface area contributed by atoms with Crippen molar-refractivity contribution in [3.8, 4) is 34.2 Å². The molecule has 0 radical (unpaired) electrons. The minimum atomic E-state index is 0.882. The van der Waals surface area contributed by atoms with E-state index >= 15 is 0 Å². The van der Waals surface area contributed by atoms with Gasteiger partial charge in [-0.25, -0.2) is 9.97 Å². The lowest BCUT2D eigenvalue weighted by atomic mass is 9.95. The molecule has 0 unspecified atom stereocenters. The quantitative estimate of drug-likeness (QED) is 0.214. The van der Waals surface area contributed by atoms with Crippen molar-refractivity contribution in [1.82, 2.24) is 29.1 Å². The minimum absolute atomic E-state index is 0.882. The molecule has 44 heavy (non-hydrogen) atoms. The monoisotopic (exact) mass is 568 g/mol. The lowest BCUT2D eigenvalue weighted by Gasteiger charge is -2.16. The van der Waals surface area contributed by atoms with E-state index in [9.17, 15) is 0 Å². The van der Waals surface area contributed by atoms with Crippen LogP contribution in [-0.4, -0.2) is 29.1 Å². The van der Waals surface area contributed by atoms with Gasteiger partial charge in [0.25, 0.3) is 0 Å². The second kappa shape index (κ2) is 9.99. The van der Waals surface area contributed by atoms with Gasteiger partial charge in [0, 0.05) is 57.8 Å². The molecule has 8 aromatic rings. The Morgan fingerprint density at radius 2 is 1.09 bits per heavy atom. The molecule has 1 aliphatic rings. The number of hydrogen-bond acceptors (Lipinski definition) is 4. The maximum absolute atomic E-state index is 5.06. The molecule has 6 nitrogen and oxygen atoms in total. The molecule has 0 spiro atoms. The number of hydrogen-bond donors (Lipinski definition) is 0. The number of aromatic nitrogens is 6. The molecule has 210 valence electrons. The van der Waals surface area contributed by atoms with Crippen LogP contribution >= 0.6 is 0 Å². The van der Waals surface area contributed by atoms with E-state index in [1.54, 1.807) is 0 Å². The zero-order chi connectivity index (χ0) is 29.0. The number of benzene rings is 2. The van der Waals surface area contributed by atoms with Gasteiger partial charge in [0.15, 0.2) is 0 Å². The van der Waals surface area contributed by atoms with Crippen molar-refractivity contribution in [1.29, 1.82) is 0 Å². The first-order valence-electron chi connectivity index (χ1n) is 15.2. The van der Waals surface area contributed by atoms with Crippen molar-refractivity contribution in [3.05, 3.63) is 133 Å². The Bertz CT molecular complexity index is 2300. The van der Waals surface area contributed by atoms with Crippen LogP contribution in [0.4, 0.5) is 0 Å². The molecule has 0 N–H and O–H groups in total. The largest absolute Gasteiger partial charge is 0.296 e. The van der Waals surface area contributed by atoms with Gasteiger partial charge in [-0.3, -0.25) is 19.1 Å². The van der Waals surface area contributed by atoms with Gasteiger partial charge in [-0.15, -0.1) is 0 Å². The number of aryl methyl sites for hydroxylation is 1. The Morgan fingerprint density at radius 1 is 0.477 bits per heavy atom. The highest BCUT2D eigenvalue weighted by Gasteiger charge is 2.26. The van der Waals surface area contributed by atoms with Crippen molar-refractivity contribution < 1.29 is 0 Å². The molecule has 6 heteroatoms. The molecule has 6 heterocycles. The summed E-state index contributed by atoms with van der Waals surface area (Å²) in [6.45, 7) is 0. The summed E-state index contributed by atoms with van der Waals surface area (Å²) in [6, 6.07) is 33.7. The number of nitrogens with zero attached hydrogens (tertiary/aromatic N) is 6. The van der Waals surface area contributed by atoms with Crippen LogP contribution in [0, 0.1) is 0 Å². The summed E-state index contributed by atoms with van der Waals surface area (Å²) in [5.74, 6) is 1.81. The van der Waals surface area contributed by atoms with Gasteiger partial charge in [-0.05, 0) is 85.8 Å². The Morgan fingerprint density at radius 3 is 1.75 bits per heavy atom. The average molecular weight is 569 g/mol. The van der Waals surface area contributed by atoms with Crippen molar-refractivity contribution in [2.45, 2.75) is 25.7 Å². The summed E-state index contributed by atoms with van der Waals surface area (Å²) < 4.78 is 4.76. The van der Waals surface area contributed by atoms with Gasteiger partial charge < -0.3 is 0 Å². The van der Waals surface area contributed by atoms with E-state index in [2.05, 4.69) is 79.8 Å². The van der Waals surface area contributed by atoms with E-state index < -0.39 is 0 Å². The highest BCUT2D eigenvalue weighted by Crippen LogP contribution is 2.42. The normalized spacial score (nSPS) is 13.1. The SMILES string of the molecule is c1ccc(-c2ccc(-n3c4c(c5ccc6c7ccccc7n(-c7ccc(-c8ccccn8)cn7)c6c53)CCCC4)nc2)nc1. The van der Waals surface area contributed by atoms with E-state index in [0.29, 0.717) is 0 Å². The third-order valence-electron chi connectivity index (χ3n) is 8.94. The summed E-state index contributed by atoms with van der Waals surface area (Å²) in [4.78, 5) is 19.1. The van der Waals surface area contributed by atoms with Crippen molar-refractivity contribution >= 4 is 32.7 Å². The maximum Gasteiger partial charge on any atom is 0.137 e. The zero-order valence-corrected chi connectivity index (χ0v) is 24.1. The second-order valence-electron chi connectivity index (χ2n) is 11.4. The standard InChI is InChI=1S/C38H28N6/c1-3-13-33-27(9-1)29-17-18-30-28-10-2-4-14-34(28)44(36-20-16-26(24-42-36)32-12-6-8-22-40-32)38(30)37(29)43(33)35-19-15-25(23-41-35)31-11-5-7-21-39-31/h1,3,5-9,11-13,15-24H,2,4,10,14H2. The van der Waals surface area contributed by atoms with Gasteiger partial charge in [-0.1, -0.05) is 42.5 Å². The predicted octanol–water partition coefficient (Wildman–Crippen LogP) is 8.52. The van der Waals surface area contributed by atoms with Gasteiger partial charge in [0.05, 0.1) is 27.9 Å². The zero-order valence-electron chi connectivity index (χ0n) is 24.1. The Hall–Kier alpha value is -5.62. The summed E-state index contributed by atoms with van der Waals surface area (Å²) in [5.41, 5.74) is 10.1. The third kappa shape index (κ3) is 3.81. The van der Waals surface area contributed by atoms with Crippen LogP contribution in [0.5, 0.6) is 0 Å². The second-order valence-corrected chi connectivity index (χ2v) is 11.4. The number of para-hydroxylation sites is 1. The Kier molecular flexibility index (Phi) is 5.66. The van der Waals surface area contributed by atoms with Crippen molar-refractivity contribution in [2.24, 2.45) is 0 Å². The summed E-state index contributed by atoms with van der Waals surface area (Å²) >= 11 is 0. The molecule has 0 bridgehead atoms. The lowest BCUT2D eigenvalue weighted by Crippen LogP contribution is -2.08. The molecule has 2 aromatic carbocycles. The van der Waals surface area contributed by atoms with E-state index in [1.165, 1.54) is 45.8 Å². The number of rotatable bonds is 4. The topological polar surface area (TPSA) is 61.4 Å². The molecular formula is C38H28N6. The highest BCUT2D eigenvalue weighted by atomic mass is 15.1. The summed E-state index contributed by atoms with van der Waals surface area (Å²) in [7, 11) is 0. The predicted molar refractivity (Wildman–Crippen MR) is 176 cm³/mol. The molecule has 0 saturated carbocycles. The molecule has 0 atom stereocenters. The van der Waals surface area contributed by atoms with Gasteiger partial charge in [-0.2, -0.15) is 0 Å². The van der Waals surface area contributed by atoms with Crippen LogP contribution in [0.2, 0.25) is 0 Å². The highest BCUT2D eigenvalue weighted by molar-refractivity contribution is 6.18. The fourth-order valence-corrected chi connectivity index (χ4v) is 6.97. The van der Waals surface area contributed by atoms with E-state index in [4.69, 9.17) is 9.97 Å². The molecule has 6 aromatic heterocycles.